The summed E-state index contributed by atoms with van der Waals surface area (Å²) in [6, 6.07) is 2.12. The van der Waals surface area contributed by atoms with Crippen LogP contribution in [0.25, 0.3) is 0 Å². The normalized spacial score (nSPS) is 10.6. The minimum absolute atomic E-state index is 0. The van der Waals surface area contributed by atoms with Gasteiger partial charge in [0.2, 0.25) is 0 Å². The van der Waals surface area contributed by atoms with Crippen molar-refractivity contribution in [1.82, 2.24) is 5.32 Å². The van der Waals surface area contributed by atoms with Crippen LogP contribution in [0.1, 0.15) is 10.4 Å². The Morgan fingerprint density at radius 2 is 2.00 bits per heavy atom. The lowest BCUT2D eigenvalue weighted by Gasteiger charge is -2.14. The first-order valence-corrected chi connectivity index (χ1v) is 5.06. The van der Waals surface area contributed by atoms with E-state index >= 15 is 0 Å². The third-order valence-electron chi connectivity index (χ3n) is 2.16. The fourth-order valence-electron chi connectivity index (χ4n) is 1.19. The van der Waals surface area contributed by atoms with Gasteiger partial charge in [-0.25, -0.2) is 13.2 Å². The van der Waals surface area contributed by atoms with E-state index in [0.29, 0.717) is 12.1 Å². The number of nitro groups is 1. The Kier molecular flexibility index (Phi) is 6.40. The van der Waals surface area contributed by atoms with Crippen molar-refractivity contribution in [2.75, 3.05) is 13.1 Å². The van der Waals surface area contributed by atoms with Crippen molar-refractivity contribution in [3.8, 4) is 0 Å². The van der Waals surface area contributed by atoms with Crippen LogP contribution in [0.3, 0.4) is 0 Å². The fraction of sp³-hybridized carbons (Fsp3) is 0.300. The Morgan fingerprint density at radius 1 is 1.40 bits per heavy atom. The summed E-state index contributed by atoms with van der Waals surface area (Å²) in [7, 11) is 0. The van der Waals surface area contributed by atoms with Gasteiger partial charge < -0.3 is 11.1 Å². The molecule has 0 radical (unpaired) electrons. The van der Waals surface area contributed by atoms with Crippen LogP contribution in [0.4, 0.5) is 18.9 Å². The topological polar surface area (TPSA) is 98.3 Å². The molecule has 112 valence electrons. The van der Waals surface area contributed by atoms with E-state index in [0.717, 1.165) is 6.07 Å². The van der Waals surface area contributed by atoms with Crippen molar-refractivity contribution in [3.05, 3.63) is 39.7 Å². The Hall–Kier alpha value is -1.87. The lowest BCUT2D eigenvalue weighted by atomic mass is 10.2. The molecule has 0 bridgehead atoms. The van der Waals surface area contributed by atoms with Crippen molar-refractivity contribution in [3.63, 3.8) is 0 Å². The van der Waals surface area contributed by atoms with Crippen LogP contribution in [0.5, 0.6) is 0 Å². The van der Waals surface area contributed by atoms with E-state index < -0.39 is 46.9 Å². The Morgan fingerprint density at radius 3 is 2.50 bits per heavy atom. The molecule has 0 aliphatic heterocycles. The molecule has 1 aromatic rings. The summed E-state index contributed by atoms with van der Waals surface area (Å²) < 4.78 is 38.6. The molecule has 0 atom stereocenters. The zero-order chi connectivity index (χ0) is 14.6. The van der Waals surface area contributed by atoms with Gasteiger partial charge in [0.15, 0.2) is 0 Å². The van der Waals surface area contributed by atoms with E-state index in [9.17, 15) is 28.1 Å². The molecule has 0 unspecified atom stereocenters. The number of amides is 1. The molecule has 0 spiro atoms. The number of non-ortho nitro benzene ring substituents is 1. The van der Waals surface area contributed by atoms with Gasteiger partial charge in [0.1, 0.15) is 5.82 Å². The van der Waals surface area contributed by atoms with E-state index in [4.69, 9.17) is 5.73 Å². The number of alkyl halides is 2. The SMILES string of the molecule is Cl.NCC(F)(F)CNC(=O)c1cc(F)cc([N+](=O)[O-])c1. The highest BCUT2D eigenvalue weighted by Crippen LogP contribution is 2.16. The Balaban J connectivity index is 0.00000361. The molecule has 0 saturated carbocycles. The quantitative estimate of drug-likeness (QED) is 0.635. The second-order valence-electron chi connectivity index (χ2n) is 3.70. The van der Waals surface area contributed by atoms with Crippen molar-refractivity contribution in [1.29, 1.82) is 0 Å². The lowest BCUT2D eigenvalue weighted by molar-refractivity contribution is -0.385. The maximum absolute atomic E-state index is 13.0. The average molecular weight is 314 g/mol. The van der Waals surface area contributed by atoms with Gasteiger partial charge in [0.05, 0.1) is 24.1 Å². The van der Waals surface area contributed by atoms with Crippen LogP contribution in [0, 0.1) is 15.9 Å². The van der Waals surface area contributed by atoms with E-state index in [1.807, 2.05) is 5.32 Å². The zero-order valence-electron chi connectivity index (χ0n) is 9.94. The van der Waals surface area contributed by atoms with E-state index in [1.54, 1.807) is 0 Å². The number of nitro benzene ring substituents is 1. The molecule has 1 amide bonds. The van der Waals surface area contributed by atoms with Gasteiger partial charge >= 0.3 is 0 Å². The molecule has 6 nitrogen and oxygen atoms in total. The molecule has 0 saturated heterocycles. The lowest BCUT2D eigenvalue weighted by Crippen LogP contribution is -2.41. The van der Waals surface area contributed by atoms with Crippen molar-refractivity contribution >= 4 is 24.0 Å². The van der Waals surface area contributed by atoms with E-state index in [2.05, 4.69) is 0 Å². The van der Waals surface area contributed by atoms with E-state index in [-0.39, 0.29) is 12.4 Å². The minimum atomic E-state index is -3.30. The summed E-state index contributed by atoms with van der Waals surface area (Å²) in [5.74, 6) is -5.35. The van der Waals surface area contributed by atoms with Gasteiger partial charge in [-0.2, -0.15) is 0 Å². The van der Waals surface area contributed by atoms with Crippen LogP contribution < -0.4 is 11.1 Å². The van der Waals surface area contributed by atoms with Gasteiger partial charge in [-0.05, 0) is 6.07 Å². The Labute approximate surface area is 117 Å². The number of nitrogens with one attached hydrogen (secondary N) is 1. The van der Waals surface area contributed by atoms with Gasteiger partial charge in [0.25, 0.3) is 17.5 Å². The van der Waals surface area contributed by atoms with E-state index in [1.165, 1.54) is 0 Å². The first kappa shape index (κ1) is 18.1. The Bertz CT molecular complexity index is 514. The summed E-state index contributed by atoms with van der Waals surface area (Å²) in [5, 5.41) is 12.3. The monoisotopic (exact) mass is 313 g/mol. The van der Waals surface area contributed by atoms with Gasteiger partial charge in [0, 0.05) is 11.6 Å². The van der Waals surface area contributed by atoms with Crippen LogP contribution in [-0.4, -0.2) is 29.8 Å². The highest BCUT2D eigenvalue weighted by molar-refractivity contribution is 5.94. The average Bonchev–Trinajstić information content (AvgIpc) is 2.35. The highest BCUT2D eigenvalue weighted by Gasteiger charge is 2.27. The summed E-state index contributed by atoms with van der Waals surface area (Å²) in [4.78, 5) is 21.0. The van der Waals surface area contributed by atoms with Crippen LogP contribution in [-0.2, 0) is 0 Å². The number of hydrogen-bond donors (Lipinski definition) is 2. The first-order valence-electron chi connectivity index (χ1n) is 5.06. The number of benzene rings is 1. The van der Waals surface area contributed by atoms with Gasteiger partial charge in [-0.1, -0.05) is 0 Å². The van der Waals surface area contributed by atoms with Gasteiger partial charge in [-0.15, -0.1) is 12.4 Å². The molecular formula is C10H11ClF3N3O3. The summed E-state index contributed by atoms with van der Waals surface area (Å²) in [5.41, 5.74) is 3.71. The molecule has 0 aliphatic carbocycles. The third kappa shape index (κ3) is 5.02. The van der Waals surface area contributed by atoms with Crippen LogP contribution in [0.2, 0.25) is 0 Å². The molecule has 0 aliphatic rings. The molecular weight excluding hydrogens is 303 g/mol. The highest BCUT2D eigenvalue weighted by atomic mass is 35.5. The standard InChI is InChI=1S/C10H10F3N3O3.ClH/c11-7-1-6(2-8(3-7)16(18)19)9(17)15-5-10(12,13)4-14;/h1-3H,4-5,14H2,(H,15,17);1H. The molecule has 0 fully saturated rings. The van der Waals surface area contributed by atoms with Crippen molar-refractivity contribution in [2.24, 2.45) is 5.73 Å². The number of rotatable bonds is 5. The minimum Gasteiger partial charge on any atom is -0.346 e. The number of carbonyl (C=O) groups excluding carboxylic acids is 1. The molecule has 1 aromatic carbocycles. The maximum Gasteiger partial charge on any atom is 0.277 e. The van der Waals surface area contributed by atoms with Crippen LogP contribution in [0.15, 0.2) is 18.2 Å². The third-order valence-corrected chi connectivity index (χ3v) is 2.16. The molecule has 3 N–H and O–H groups in total. The summed E-state index contributed by atoms with van der Waals surface area (Å²) >= 11 is 0. The predicted octanol–water partition coefficient (Wildman–Crippen LogP) is 1.48. The summed E-state index contributed by atoms with van der Waals surface area (Å²) in [6.07, 6.45) is 0. The predicted molar refractivity (Wildman–Crippen MR) is 66.6 cm³/mol. The number of carbonyl (C=O) groups is 1. The van der Waals surface area contributed by atoms with Crippen molar-refractivity contribution in [2.45, 2.75) is 5.92 Å². The number of nitrogens with zero attached hydrogens (tertiary/aromatic N) is 1. The molecule has 0 aromatic heterocycles. The number of halogens is 4. The number of hydrogen-bond acceptors (Lipinski definition) is 4. The molecule has 1 rings (SSSR count). The van der Waals surface area contributed by atoms with Crippen LogP contribution >= 0.6 is 12.4 Å². The van der Waals surface area contributed by atoms with Gasteiger partial charge in [-0.3, -0.25) is 14.9 Å². The smallest absolute Gasteiger partial charge is 0.277 e. The molecule has 20 heavy (non-hydrogen) atoms. The maximum atomic E-state index is 13.0. The largest absolute Gasteiger partial charge is 0.346 e. The fourth-order valence-corrected chi connectivity index (χ4v) is 1.19. The van der Waals surface area contributed by atoms with Crippen molar-refractivity contribution < 1.29 is 22.9 Å². The second-order valence-corrected chi connectivity index (χ2v) is 3.70. The molecule has 10 heteroatoms. The number of nitrogens with two attached hydrogens (primary N) is 1. The zero-order valence-corrected chi connectivity index (χ0v) is 10.8. The summed E-state index contributed by atoms with van der Waals surface area (Å²) in [6.45, 7) is -2.00. The first-order chi connectivity index (χ1) is 8.75. The second kappa shape index (κ2) is 7.06. The molecule has 0 heterocycles.